The molecule has 0 nitrogen and oxygen atoms in total. The molecule has 0 bridgehead atoms. The van der Waals surface area contributed by atoms with E-state index in [-0.39, 0.29) is 0 Å². The molecule has 0 spiro atoms. The van der Waals surface area contributed by atoms with Gasteiger partial charge in [-0.05, 0) is 38.5 Å². The Hall–Kier alpha value is -0.260. The molecule has 1 aliphatic rings. The van der Waals surface area contributed by atoms with E-state index in [1.807, 2.05) is 0 Å². The third kappa shape index (κ3) is 2.36. The summed E-state index contributed by atoms with van der Waals surface area (Å²) in [7, 11) is 0. The summed E-state index contributed by atoms with van der Waals surface area (Å²) >= 11 is 0. The lowest BCUT2D eigenvalue weighted by molar-refractivity contribution is 0.759. The molecule has 64 valence electrons. The molecule has 0 atom stereocenters. The molecule has 0 heterocycles. The lowest BCUT2D eigenvalue weighted by Crippen LogP contribution is -1.83. The third-order valence-electron chi connectivity index (χ3n) is 2.72. The predicted molar refractivity (Wildman–Crippen MR) is 50.7 cm³/mol. The average Bonchev–Trinajstić information content (AvgIpc) is 2.47. The number of hydrogen-bond acceptors (Lipinski definition) is 0. The molecule has 0 heteroatoms. The normalized spacial score (nSPS) is 18.0. The molecule has 0 aromatic heterocycles. The van der Waals surface area contributed by atoms with Gasteiger partial charge in [0.15, 0.2) is 0 Å². The maximum absolute atomic E-state index is 2.30. The zero-order chi connectivity index (χ0) is 8.10. The predicted octanol–water partition coefficient (Wildman–Crippen LogP) is 4.07. The first-order valence-corrected chi connectivity index (χ1v) is 5.08. The SMILES string of the molecule is CCCCC1=C(CC)CCC1. The fraction of sp³-hybridized carbons (Fsp3) is 0.818. The zero-order valence-corrected chi connectivity index (χ0v) is 7.95. The van der Waals surface area contributed by atoms with Gasteiger partial charge in [0.05, 0.1) is 0 Å². The highest BCUT2D eigenvalue weighted by molar-refractivity contribution is 5.18. The molecule has 0 aromatic carbocycles. The van der Waals surface area contributed by atoms with Gasteiger partial charge in [-0.2, -0.15) is 0 Å². The van der Waals surface area contributed by atoms with Crippen LogP contribution in [0.4, 0.5) is 0 Å². The van der Waals surface area contributed by atoms with Crippen LogP contribution in [0.3, 0.4) is 0 Å². The third-order valence-corrected chi connectivity index (χ3v) is 2.72. The van der Waals surface area contributed by atoms with Crippen LogP contribution in [0.1, 0.15) is 58.8 Å². The number of hydrogen-bond donors (Lipinski definition) is 0. The summed E-state index contributed by atoms with van der Waals surface area (Å²) in [5, 5.41) is 0. The number of unbranched alkanes of at least 4 members (excludes halogenated alkanes) is 1. The van der Waals surface area contributed by atoms with Crippen molar-refractivity contribution in [2.45, 2.75) is 58.8 Å². The van der Waals surface area contributed by atoms with Crippen molar-refractivity contribution in [3.63, 3.8) is 0 Å². The van der Waals surface area contributed by atoms with E-state index >= 15 is 0 Å². The molecule has 11 heavy (non-hydrogen) atoms. The molecule has 0 aliphatic heterocycles. The molecule has 1 rings (SSSR count). The van der Waals surface area contributed by atoms with Gasteiger partial charge in [-0.3, -0.25) is 0 Å². The molecule has 0 fully saturated rings. The van der Waals surface area contributed by atoms with Crippen LogP contribution in [0.2, 0.25) is 0 Å². The molecule has 0 N–H and O–H groups in total. The van der Waals surface area contributed by atoms with E-state index < -0.39 is 0 Å². The van der Waals surface area contributed by atoms with Crippen molar-refractivity contribution in [1.29, 1.82) is 0 Å². The van der Waals surface area contributed by atoms with E-state index in [1.165, 1.54) is 44.9 Å². The van der Waals surface area contributed by atoms with Crippen molar-refractivity contribution < 1.29 is 0 Å². The molecule has 0 unspecified atom stereocenters. The highest BCUT2D eigenvalue weighted by atomic mass is 14.2. The Morgan fingerprint density at radius 1 is 1.09 bits per heavy atom. The summed E-state index contributed by atoms with van der Waals surface area (Å²) in [6.45, 7) is 4.58. The second-order valence-electron chi connectivity index (χ2n) is 3.52. The standard InChI is InChI=1S/C11H20/c1-3-5-7-11-9-6-8-10(11)4-2/h3-9H2,1-2H3. The van der Waals surface area contributed by atoms with E-state index in [9.17, 15) is 0 Å². The molecule has 0 saturated carbocycles. The Kier molecular flexibility index (Phi) is 3.68. The fourth-order valence-corrected chi connectivity index (χ4v) is 1.99. The topological polar surface area (TPSA) is 0 Å². The molecule has 0 saturated heterocycles. The minimum Gasteiger partial charge on any atom is -0.0713 e. The van der Waals surface area contributed by atoms with Crippen LogP contribution in [0.25, 0.3) is 0 Å². The largest absolute Gasteiger partial charge is 0.0713 e. The van der Waals surface area contributed by atoms with Crippen LogP contribution in [-0.4, -0.2) is 0 Å². The molecule has 0 aromatic rings. The summed E-state index contributed by atoms with van der Waals surface area (Å²) < 4.78 is 0. The smallest absolute Gasteiger partial charge is 0.0315 e. The van der Waals surface area contributed by atoms with Gasteiger partial charge in [-0.25, -0.2) is 0 Å². The molecular weight excluding hydrogens is 132 g/mol. The molecular formula is C11H20. The van der Waals surface area contributed by atoms with Crippen LogP contribution in [0.5, 0.6) is 0 Å². The average molecular weight is 152 g/mol. The van der Waals surface area contributed by atoms with Gasteiger partial charge in [0, 0.05) is 0 Å². The minimum atomic E-state index is 1.30. The number of allylic oxidation sites excluding steroid dienone is 2. The summed E-state index contributed by atoms with van der Waals surface area (Å²) in [5.41, 5.74) is 3.58. The lowest BCUT2D eigenvalue weighted by atomic mass is 10.0. The van der Waals surface area contributed by atoms with Gasteiger partial charge in [0.25, 0.3) is 0 Å². The van der Waals surface area contributed by atoms with Gasteiger partial charge in [-0.15, -0.1) is 0 Å². The first-order valence-electron chi connectivity index (χ1n) is 5.08. The summed E-state index contributed by atoms with van der Waals surface area (Å²) in [4.78, 5) is 0. The van der Waals surface area contributed by atoms with Crippen molar-refractivity contribution in [2.75, 3.05) is 0 Å². The molecule has 1 aliphatic carbocycles. The lowest BCUT2D eigenvalue weighted by Gasteiger charge is -2.03. The van der Waals surface area contributed by atoms with E-state index in [0.29, 0.717) is 0 Å². The van der Waals surface area contributed by atoms with Crippen LogP contribution >= 0.6 is 0 Å². The Labute approximate surface area is 70.7 Å². The quantitative estimate of drug-likeness (QED) is 0.533. The zero-order valence-electron chi connectivity index (χ0n) is 7.95. The first kappa shape index (κ1) is 8.83. The van der Waals surface area contributed by atoms with Crippen LogP contribution in [-0.2, 0) is 0 Å². The van der Waals surface area contributed by atoms with E-state index in [4.69, 9.17) is 0 Å². The van der Waals surface area contributed by atoms with Crippen LogP contribution in [0.15, 0.2) is 11.1 Å². The summed E-state index contributed by atoms with van der Waals surface area (Å²) in [5.74, 6) is 0. The fourth-order valence-electron chi connectivity index (χ4n) is 1.99. The van der Waals surface area contributed by atoms with Crippen LogP contribution in [0, 0.1) is 0 Å². The van der Waals surface area contributed by atoms with Gasteiger partial charge in [0.2, 0.25) is 0 Å². The monoisotopic (exact) mass is 152 g/mol. The van der Waals surface area contributed by atoms with Crippen molar-refractivity contribution in [2.24, 2.45) is 0 Å². The van der Waals surface area contributed by atoms with E-state index in [0.717, 1.165) is 0 Å². The van der Waals surface area contributed by atoms with Gasteiger partial charge in [0.1, 0.15) is 0 Å². The molecule has 0 radical (unpaired) electrons. The molecule has 0 amide bonds. The van der Waals surface area contributed by atoms with Crippen molar-refractivity contribution in [1.82, 2.24) is 0 Å². The maximum atomic E-state index is 2.30. The van der Waals surface area contributed by atoms with E-state index in [1.54, 1.807) is 11.1 Å². The van der Waals surface area contributed by atoms with Crippen molar-refractivity contribution >= 4 is 0 Å². The summed E-state index contributed by atoms with van der Waals surface area (Å²) in [6, 6.07) is 0. The summed E-state index contributed by atoms with van der Waals surface area (Å²) in [6.07, 6.45) is 9.68. The van der Waals surface area contributed by atoms with E-state index in [2.05, 4.69) is 13.8 Å². The highest BCUT2D eigenvalue weighted by Gasteiger charge is 2.11. The highest BCUT2D eigenvalue weighted by Crippen LogP contribution is 2.31. The second-order valence-corrected chi connectivity index (χ2v) is 3.52. The first-order chi connectivity index (χ1) is 5.38. The van der Waals surface area contributed by atoms with Crippen molar-refractivity contribution in [3.8, 4) is 0 Å². The second kappa shape index (κ2) is 4.58. The van der Waals surface area contributed by atoms with Crippen molar-refractivity contribution in [3.05, 3.63) is 11.1 Å². The Morgan fingerprint density at radius 2 is 1.82 bits per heavy atom. The van der Waals surface area contributed by atoms with Crippen LogP contribution < -0.4 is 0 Å². The maximum Gasteiger partial charge on any atom is -0.0315 e. The van der Waals surface area contributed by atoms with Gasteiger partial charge >= 0.3 is 0 Å². The minimum absolute atomic E-state index is 1.30. The Bertz CT molecular complexity index is 142. The van der Waals surface area contributed by atoms with Gasteiger partial charge < -0.3 is 0 Å². The Morgan fingerprint density at radius 3 is 2.45 bits per heavy atom. The number of rotatable bonds is 4. The van der Waals surface area contributed by atoms with Gasteiger partial charge in [-0.1, -0.05) is 31.4 Å². The Balaban J connectivity index is 2.39.